The third-order valence-corrected chi connectivity index (χ3v) is 2.32. The van der Waals surface area contributed by atoms with Gasteiger partial charge in [0.05, 0.1) is 13.2 Å². The van der Waals surface area contributed by atoms with Crippen molar-refractivity contribution < 1.29 is 4.74 Å². The minimum absolute atomic E-state index is 0.0454. The number of hydrogen-bond donors (Lipinski definition) is 2. The van der Waals surface area contributed by atoms with Crippen molar-refractivity contribution in [1.82, 2.24) is 19.9 Å². The number of nitrogens with zero attached hydrogens (tertiary/aromatic N) is 3. The minimum Gasteiger partial charge on any atom is -0.481 e. The second-order valence-electron chi connectivity index (χ2n) is 3.68. The van der Waals surface area contributed by atoms with Gasteiger partial charge in [-0.25, -0.2) is 9.97 Å². The summed E-state index contributed by atoms with van der Waals surface area (Å²) in [6.07, 6.45) is 3.51. The molecule has 2 heterocycles. The monoisotopic (exact) mass is 233 g/mol. The van der Waals surface area contributed by atoms with Gasteiger partial charge in [-0.15, -0.1) is 0 Å². The normalized spacial score (nSPS) is 12.2. The molecule has 0 bridgehead atoms. The van der Waals surface area contributed by atoms with Crippen LogP contribution >= 0.6 is 0 Å². The predicted molar refractivity (Wildman–Crippen MR) is 63.9 cm³/mol. The lowest BCUT2D eigenvalue weighted by molar-refractivity contribution is 0.396. The molecule has 90 valence electrons. The maximum atomic E-state index is 5.09. The van der Waals surface area contributed by atoms with Gasteiger partial charge in [-0.3, -0.25) is 0 Å². The zero-order valence-corrected chi connectivity index (χ0v) is 10.1. The number of nitrogens with one attached hydrogen (secondary N) is 2. The van der Waals surface area contributed by atoms with Gasteiger partial charge >= 0.3 is 0 Å². The quantitative estimate of drug-likeness (QED) is 0.840. The first-order valence-corrected chi connectivity index (χ1v) is 5.34. The van der Waals surface area contributed by atoms with Crippen LogP contribution < -0.4 is 10.1 Å². The highest BCUT2D eigenvalue weighted by atomic mass is 16.5. The van der Waals surface area contributed by atoms with E-state index in [9.17, 15) is 0 Å². The first-order chi connectivity index (χ1) is 8.19. The maximum Gasteiger partial charge on any atom is 0.218 e. The molecule has 0 fully saturated rings. The van der Waals surface area contributed by atoms with Crippen molar-refractivity contribution in [3.05, 3.63) is 30.1 Å². The predicted octanol–water partition coefficient (Wildman–Crippen LogP) is 1.69. The molecule has 2 N–H and O–H groups in total. The van der Waals surface area contributed by atoms with Gasteiger partial charge in [0.15, 0.2) is 0 Å². The van der Waals surface area contributed by atoms with Gasteiger partial charge in [0, 0.05) is 18.5 Å². The molecule has 2 aromatic heterocycles. The Morgan fingerprint density at radius 1 is 1.41 bits per heavy atom. The van der Waals surface area contributed by atoms with Gasteiger partial charge in [0.1, 0.15) is 17.5 Å². The lowest BCUT2D eigenvalue weighted by Gasteiger charge is -2.13. The van der Waals surface area contributed by atoms with Gasteiger partial charge in [0.25, 0.3) is 0 Å². The number of aromatic amines is 1. The lowest BCUT2D eigenvalue weighted by Crippen LogP contribution is -2.10. The Morgan fingerprint density at radius 3 is 2.88 bits per heavy atom. The second kappa shape index (κ2) is 4.82. The Morgan fingerprint density at radius 2 is 2.24 bits per heavy atom. The molecular weight excluding hydrogens is 218 g/mol. The van der Waals surface area contributed by atoms with Crippen LogP contribution in [-0.4, -0.2) is 27.0 Å². The summed E-state index contributed by atoms with van der Waals surface area (Å²) in [5.74, 6) is 2.80. The van der Waals surface area contributed by atoms with Crippen LogP contribution in [0.3, 0.4) is 0 Å². The molecule has 0 aliphatic carbocycles. The number of imidazole rings is 1. The standard InChI is InChI=1S/C11H15N5O/c1-7(11-12-4-5-13-11)14-9-6-10(17-3)16-8(2)15-9/h4-7H,1-3H3,(H,12,13)(H,14,15,16). The number of H-pyrrole nitrogens is 1. The molecule has 0 amide bonds. The molecule has 6 nitrogen and oxygen atoms in total. The summed E-state index contributed by atoms with van der Waals surface area (Å²) in [5, 5.41) is 3.23. The fourth-order valence-corrected chi connectivity index (χ4v) is 1.52. The van der Waals surface area contributed by atoms with Crippen LogP contribution in [0.4, 0.5) is 5.82 Å². The Hall–Kier alpha value is -2.11. The summed E-state index contributed by atoms with van der Waals surface area (Å²) < 4.78 is 5.09. The highest BCUT2D eigenvalue weighted by Crippen LogP contribution is 2.17. The van der Waals surface area contributed by atoms with Gasteiger partial charge in [-0.1, -0.05) is 0 Å². The van der Waals surface area contributed by atoms with Crippen molar-refractivity contribution in [2.24, 2.45) is 0 Å². The smallest absolute Gasteiger partial charge is 0.218 e. The number of aromatic nitrogens is 4. The highest BCUT2D eigenvalue weighted by Gasteiger charge is 2.09. The molecule has 0 spiro atoms. The van der Waals surface area contributed by atoms with E-state index in [4.69, 9.17) is 4.74 Å². The summed E-state index contributed by atoms with van der Waals surface area (Å²) in [7, 11) is 1.58. The van der Waals surface area contributed by atoms with Crippen LogP contribution in [0.1, 0.15) is 24.6 Å². The minimum atomic E-state index is 0.0454. The Labute approximate surface area is 99.5 Å². The average Bonchev–Trinajstić information content (AvgIpc) is 2.81. The van der Waals surface area contributed by atoms with E-state index in [1.807, 2.05) is 13.8 Å². The van der Waals surface area contributed by atoms with Crippen LogP contribution in [0.25, 0.3) is 0 Å². The van der Waals surface area contributed by atoms with E-state index in [0.717, 1.165) is 11.6 Å². The third-order valence-electron chi connectivity index (χ3n) is 2.32. The fraction of sp³-hybridized carbons (Fsp3) is 0.364. The van der Waals surface area contributed by atoms with Crippen molar-refractivity contribution in [1.29, 1.82) is 0 Å². The molecular formula is C11H15N5O. The van der Waals surface area contributed by atoms with Crippen molar-refractivity contribution in [3.8, 4) is 5.88 Å². The number of anilines is 1. The summed E-state index contributed by atoms with van der Waals surface area (Å²) in [4.78, 5) is 15.7. The van der Waals surface area contributed by atoms with Crippen LogP contribution in [0.5, 0.6) is 5.88 Å². The van der Waals surface area contributed by atoms with Crippen LogP contribution in [-0.2, 0) is 0 Å². The van der Waals surface area contributed by atoms with Crippen LogP contribution in [0.2, 0.25) is 0 Å². The number of methoxy groups -OCH3 is 1. The Kier molecular flexibility index (Phi) is 3.22. The van der Waals surface area contributed by atoms with E-state index in [-0.39, 0.29) is 6.04 Å². The number of hydrogen-bond acceptors (Lipinski definition) is 5. The molecule has 2 aromatic rings. The second-order valence-corrected chi connectivity index (χ2v) is 3.68. The van der Waals surface area contributed by atoms with Gasteiger partial charge in [-0.05, 0) is 13.8 Å². The highest BCUT2D eigenvalue weighted by molar-refractivity contribution is 5.39. The van der Waals surface area contributed by atoms with Crippen molar-refractivity contribution in [2.45, 2.75) is 19.9 Å². The third kappa shape index (κ3) is 2.72. The zero-order chi connectivity index (χ0) is 12.3. The molecule has 1 atom stereocenters. The van der Waals surface area contributed by atoms with Crippen molar-refractivity contribution >= 4 is 5.82 Å². The first kappa shape index (κ1) is 11.4. The topological polar surface area (TPSA) is 75.7 Å². The summed E-state index contributed by atoms with van der Waals surface area (Å²) in [6.45, 7) is 3.83. The lowest BCUT2D eigenvalue weighted by atomic mass is 10.3. The molecule has 1 unspecified atom stereocenters. The van der Waals surface area contributed by atoms with Crippen molar-refractivity contribution in [3.63, 3.8) is 0 Å². The van der Waals surface area contributed by atoms with E-state index in [1.165, 1.54) is 0 Å². The largest absolute Gasteiger partial charge is 0.481 e. The maximum absolute atomic E-state index is 5.09. The van der Waals surface area contributed by atoms with Crippen LogP contribution in [0, 0.1) is 6.92 Å². The van der Waals surface area contributed by atoms with E-state index in [0.29, 0.717) is 11.7 Å². The van der Waals surface area contributed by atoms with E-state index in [1.54, 1.807) is 25.6 Å². The number of ether oxygens (including phenoxy) is 1. The fourth-order valence-electron chi connectivity index (χ4n) is 1.52. The molecule has 6 heteroatoms. The average molecular weight is 233 g/mol. The van der Waals surface area contributed by atoms with Gasteiger partial charge in [0.2, 0.25) is 5.88 Å². The molecule has 0 radical (unpaired) electrons. The Bertz CT molecular complexity index is 483. The van der Waals surface area contributed by atoms with Crippen LogP contribution in [0.15, 0.2) is 18.5 Å². The van der Waals surface area contributed by atoms with Gasteiger partial charge in [-0.2, -0.15) is 4.98 Å². The molecule has 0 aliphatic rings. The van der Waals surface area contributed by atoms with E-state index in [2.05, 4.69) is 25.3 Å². The van der Waals surface area contributed by atoms with E-state index < -0.39 is 0 Å². The summed E-state index contributed by atoms with van der Waals surface area (Å²) in [5.41, 5.74) is 0. The molecule has 0 aromatic carbocycles. The molecule has 0 saturated carbocycles. The first-order valence-electron chi connectivity index (χ1n) is 5.34. The number of rotatable bonds is 4. The van der Waals surface area contributed by atoms with Crippen molar-refractivity contribution in [2.75, 3.05) is 12.4 Å². The number of aryl methyl sites for hydroxylation is 1. The summed E-state index contributed by atoms with van der Waals surface area (Å²) in [6, 6.07) is 1.80. The summed E-state index contributed by atoms with van der Waals surface area (Å²) >= 11 is 0. The molecule has 2 rings (SSSR count). The molecule has 0 aliphatic heterocycles. The SMILES string of the molecule is COc1cc(NC(C)c2ncc[nH]2)nc(C)n1. The van der Waals surface area contributed by atoms with E-state index >= 15 is 0 Å². The molecule has 0 saturated heterocycles. The van der Waals surface area contributed by atoms with Gasteiger partial charge < -0.3 is 15.0 Å². The molecule has 17 heavy (non-hydrogen) atoms. The zero-order valence-electron chi connectivity index (χ0n) is 10.1. The Balaban J connectivity index is 2.15.